The molecule has 1 N–H and O–H groups in total. The lowest BCUT2D eigenvalue weighted by molar-refractivity contribution is -0.114. The van der Waals surface area contributed by atoms with Crippen LogP contribution in [0.4, 0.5) is 5.95 Å². The van der Waals surface area contributed by atoms with Crippen LogP contribution in [0.15, 0.2) is 18.3 Å². The third kappa shape index (κ3) is 3.35. The normalized spacial score (nSPS) is 10.4. The van der Waals surface area contributed by atoms with E-state index in [0.717, 1.165) is 12.1 Å². The molecule has 4 heteroatoms. The lowest BCUT2D eigenvalue weighted by atomic mass is 10.3. The maximum atomic E-state index is 10.7. The molecule has 0 aliphatic heterocycles. The van der Waals surface area contributed by atoms with E-state index in [2.05, 4.69) is 15.3 Å². The van der Waals surface area contributed by atoms with E-state index in [1.54, 1.807) is 12.3 Å². The fourth-order valence-corrected chi connectivity index (χ4v) is 0.922. The Balaban J connectivity index is 2.78. The second kappa shape index (κ2) is 5.11. The molecule has 1 amide bonds. The minimum Gasteiger partial charge on any atom is -0.295 e. The Labute approximate surface area is 83.1 Å². The Hall–Kier alpha value is -1.71. The summed E-state index contributed by atoms with van der Waals surface area (Å²) in [6.07, 6.45) is 6.47. The Bertz CT molecular complexity index is 347. The van der Waals surface area contributed by atoms with Crippen molar-refractivity contribution in [2.45, 2.75) is 20.3 Å². The number of carbonyl (C=O) groups is 1. The number of hydrogen-bond acceptors (Lipinski definition) is 3. The quantitative estimate of drug-likeness (QED) is 0.793. The highest BCUT2D eigenvalue weighted by Crippen LogP contribution is 2.02. The molecule has 14 heavy (non-hydrogen) atoms. The van der Waals surface area contributed by atoms with Gasteiger partial charge in [0.1, 0.15) is 0 Å². The van der Waals surface area contributed by atoms with Crippen molar-refractivity contribution >= 4 is 17.9 Å². The van der Waals surface area contributed by atoms with Crippen LogP contribution >= 0.6 is 0 Å². The zero-order valence-corrected chi connectivity index (χ0v) is 8.32. The first-order valence-corrected chi connectivity index (χ1v) is 4.49. The third-order valence-corrected chi connectivity index (χ3v) is 1.49. The van der Waals surface area contributed by atoms with Gasteiger partial charge >= 0.3 is 0 Å². The number of aromatic nitrogens is 2. The molecule has 74 valence electrons. The summed E-state index contributed by atoms with van der Waals surface area (Å²) in [4.78, 5) is 18.8. The van der Waals surface area contributed by atoms with Crippen molar-refractivity contribution in [2.24, 2.45) is 0 Å². The van der Waals surface area contributed by atoms with Crippen LogP contribution in [0.2, 0.25) is 0 Å². The fourth-order valence-electron chi connectivity index (χ4n) is 0.922. The minimum absolute atomic E-state index is 0.165. The Morgan fingerprint density at radius 3 is 3.07 bits per heavy atom. The molecule has 0 aliphatic carbocycles. The van der Waals surface area contributed by atoms with Gasteiger partial charge in [-0.05, 0) is 18.6 Å². The monoisotopic (exact) mass is 191 g/mol. The summed E-state index contributed by atoms with van der Waals surface area (Å²) in [6.45, 7) is 3.48. The maximum absolute atomic E-state index is 10.7. The molecule has 1 aromatic heterocycles. The summed E-state index contributed by atoms with van der Waals surface area (Å²) < 4.78 is 0. The van der Waals surface area contributed by atoms with E-state index in [9.17, 15) is 4.79 Å². The van der Waals surface area contributed by atoms with Crippen LogP contribution in [0.1, 0.15) is 26.0 Å². The van der Waals surface area contributed by atoms with Crippen molar-refractivity contribution in [2.75, 3.05) is 5.32 Å². The molecule has 0 unspecified atom stereocenters. The first-order valence-electron chi connectivity index (χ1n) is 4.49. The van der Waals surface area contributed by atoms with Crippen molar-refractivity contribution in [1.29, 1.82) is 0 Å². The Morgan fingerprint density at radius 1 is 1.64 bits per heavy atom. The van der Waals surface area contributed by atoms with Crippen molar-refractivity contribution < 1.29 is 4.79 Å². The third-order valence-electron chi connectivity index (χ3n) is 1.49. The molecule has 0 bridgehead atoms. The van der Waals surface area contributed by atoms with E-state index in [0.29, 0.717) is 5.95 Å². The van der Waals surface area contributed by atoms with Gasteiger partial charge in [0.15, 0.2) is 0 Å². The van der Waals surface area contributed by atoms with E-state index in [-0.39, 0.29) is 5.91 Å². The van der Waals surface area contributed by atoms with Crippen LogP contribution in [-0.4, -0.2) is 15.9 Å². The fraction of sp³-hybridized carbons (Fsp3) is 0.300. The second-order valence-corrected chi connectivity index (χ2v) is 2.80. The van der Waals surface area contributed by atoms with Gasteiger partial charge < -0.3 is 0 Å². The summed E-state index contributed by atoms with van der Waals surface area (Å²) in [7, 11) is 0. The highest BCUT2D eigenvalue weighted by Gasteiger charge is 1.97. The van der Waals surface area contributed by atoms with Crippen molar-refractivity contribution in [1.82, 2.24) is 9.97 Å². The van der Waals surface area contributed by atoms with Gasteiger partial charge in [-0.25, -0.2) is 9.97 Å². The summed E-state index contributed by atoms with van der Waals surface area (Å²) in [6, 6.07) is 1.79. The van der Waals surface area contributed by atoms with Crippen LogP contribution in [0, 0.1) is 0 Å². The molecule has 0 saturated heterocycles. The summed E-state index contributed by atoms with van der Waals surface area (Å²) in [5.41, 5.74) is 0.797. The summed E-state index contributed by atoms with van der Waals surface area (Å²) >= 11 is 0. The molecule has 0 aromatic carbocycles. The number of rotatable bonds is 3. The average Bonchev–Trinajstić information content (AvgIpc) is 2.14. The summed E-state index contributed by atoms with van der Waals surface area (Å²) in [5, 5.41) is 2.53. The van der Waals surface area contributed by atoms with Crippen LogP contribution < -0.4 is 5.32 Å². The van der Waals surface area contributed by atoms with Gasteiger partial charge in [-0.3, -0.25) is 10.1 Å². The van der Waals surface area contributed by atoms with Crippen LogP contribution in [-0.2, 0) is 4.79 Å². The van der Waals surface area contributed by atoms with Gasteiger partial charge in [0.25, 0.3) is 0 Å². The molecular weight excluding hydrogens is 178 g/mol. The van der Waals surface area contributed by atoms with Crippen molar-refractivity contribution in [3.8, 4) is 0 Å². The molecule has 0 fully saturated rings. The number of anilines is 1. The minimum atomic E-state index is -0.165. The van der Waals surface area contributed by atoms with E-state index in [1.807, 2.05) is 19.1 Å². The number of nitrogens with zero attached hydrogens (tertiary/aromatic N) is 2. The molecule has 0 aliphatic rings. The predicted molar refractivity (Wildman–Crippen MR) is 55.7 cm³/mol. The lowest BCUT2D eigenvalue weighted by Gasteiger charge is -1.99. The molecule has 1 aromatic rings. The Morgan fingerprint density at radius 2 is 2.43 bits per heavy atom. The second-order valence-electron chi connectivity index (χ2n) is 2.80. The van der Waals surface area contributed by atoms with E-state index in [4.69, 9.17) is 0 Å². The molecular formula is C10H13N3O. The van der Waals surface area contributed by atoms with Gasteiger partial charge in [-0.1, -0.05) is 13.0 Å². The standard InChI is InChI=1S/C10H13N3O/c1-3-4-5-9-6-7-11-10(13-9)12-8(2)14/h4-7H,3H2,1-2H3,(H,11,12,13,14). The molecule has 0 atom stereocenters. The van der Waals surface area contributed by atoms with Gasteiger partial charge in [-0.15, -0.1) is 0 Å². The first kappa shape index (κ1) is 10.4. The van der Waals surface area contributed by atoms with Crippen molar-refractivity contribution in [3.05, 3.63) is 24.0 Å². The molecule has 0 saturated carbocycles. The number of amides is 1. The largest absolute Gasteiger partial charge is 0.295 e. The van der Waals surface area contributed by atoms with E-state index in [1.165, 1.54) is 6.92 Å². The van der Waals surface area contributed by atoms with Crippen LogP contribution in [0.25, 0.3) is 6.08 Å². The SMILES string of the molecule is CCC=Cc1ccnc(NC(C)=O)n1. The number of hydrogen-bond donors (Lipinski definition) is 1. The number of carbonyl (C=O) groups excluding carboxylic acids is 1. The topological polar surface area (TPSA) is 54.9 Å². The van der Waals surface area contributed by atoms with E-state index < -0.39 is 0 Å². The Kier molecular flexibility index (Phi) is 3.79. The molecule has 1 rings (SSSR count). The van der Waals surface area contributed by atoms with Gasteiger partial charge in [0.2, 0.25) is 11.9 Å². The van der Waals surface area contributed by atoms with Crippen molar-refractivity contribution in [3.63, 3.8) is 0 Å². The lowest BCUT2D eigenvalue weighted by Crippen LogP contribution is -2.09. The van der Waals surface area contributed by atoms with Gasteiger partial charge in [0, 0.05) is 13.1 Å². The zero-order chi connectivity index (χ0) is 10.4. The smallest absolute Gasteiger partial charge is 0.229 e. The average molecular weight is 191 g/mol. The highest BCUT2D eigenvalue weighted by atomic mass is 16.1. The molecule has 4 nitrogen and oxygen atoms in total. The van der Waals surface area contributed by atoms with E-state index >= 15 is 0 Å². The number of nitrogens with one attached hydrogen (secondary N) is 1. The zero-order valence-electron chi connectivity index (χ0n) is 8.32. The highest BCUT2D eigenvalue weighted by molar-refractivity contribution is 5.86. The van der Waals surface area contributed by atoms with Gasteiger partial charge in [0.05, 0.1) is 5.69 Å². The molecule has 0 spiro atoms. The predicted octanol–water partition coefficient (Wildman–Crippen LogP) is 1.86. The summed E-state index contributed by atoms with van der Waals surface area (Å²) in [5.74, 6) is 0.178. The van der Waals surface area contributed by atoms with Crippen LogP contribution in [0.5, 0.6) is 0 Å². The maximum Gasteiger partial charge on any atom is 0.229 e. The van der Waals surface area contributed by atoms with Gasteiger partial charge in [-0.2, -0.15) is 0 Å². The van der Waals surface area contributed by atoms with Crippen LogP contribution in [0.3, 0.4) is 0 Å². The first-order chi connectivity index (χ1) is 6.72. The number of allylic oxidation sites excluding steroid dienone is 1. The molecule has 1 heterocycles. The molecule has 0 radical (unpaired) electrons.